The number of para-hydroxylation sites is 2. The number of benzene rings is 3. The van der Waals surface area contributed by atoms with E-state index in [2.05, 4.69) is 25.4 Å². The average Bonchev–Trinajstić information content (AvgIpc) is 2.92. The van der Waals surface area contributed by atoms with Gasteiger partial charge in [-0.1, -0.05) is 48.5 Å². The Labute approximate surface area is 202 Å². The van der Waals surface area contributed by atoms with E-state index in [0.29, 0.717) is 44.1 Å². The largest absolute Gasteiger partial charge is 0.378 e. The highest BCUT2D eigenvalue weighted by molar-refractivity contribution is 5.80. The molecule has 0 bridgehead atoms. The Morgan fingerprint density at radius 3 is 2.09 bits per heavy atom. The minimum atomic E-state index is -0.297. The molecule has 1 saturated heterocycles. The maximum absolute atomic E-state index is 13.2. The zero-order valence-corrected chi connectivity index (χ0v) is 19.0. The minimum Gasteiger partial charge on any atom is -0.378 e. The molecule has 1 fully saturated rings. The molecule has 0 spiro atoms. The van der Waals surface area contributed by atoms with Crippen molar-refractivity contribution in [3.8, 4) is 0 Å². The molecule has 0 aliphatic carbocycles. The highest BCUT2D eigenvalue weighted by atomic mass is 19.1. The second-order valence-corrected chi connectivity index (χ2v) is 7.79. The van der Waals surface area contributed by atoms with E-state index in [0.717, 1.165) is 16.9 Å². The second kappa shape index (κ2) is 10.7. The van der Waals surface area contributed by atoms with Gasteiger partial charge in [0, 0.05) is 24.5 Å². The van der Waals surface area contributed by atoms with Crippen molar-refractivity contribution in [1.29, 1.82) is 0 Å². The normalized spacial score (nSPS) is 13.7. The predicted molar refractivity (Wildman–Crippen MR) is 135 cm³/mol. The van der Waals surface area contributed by atoms with Crippen LogP contribution in [0.4, 0.5) is 33.6 Å². The Hall–Kier alpha value is -4.37. The molecular weight excluding hydrogens is 445 g/mol. The zero-order chi connectivity index (χ0) is 23.9. The maximum atomic E-state index is 13.2. The van der Waals surface area contributed by atoms with Gasteiger partial charge in [0.05, 0.1) is 19.4 Å². The number of aromatic nitrogens is 3. The highest BCUT2D eigenvalue weighted by Crippen LogP contribution is 2.33. The molecule has 2 heterocycles. The lowest BCUT2D eigenvalue weighted by atomic mass is 10.2. The van der Waals surface area contributed by atoms with Crippen LogP contribution in [0.3, 0.4) is 0 Å². The molecule has 1 aliphatic heterocycles. The predicted octanol–water partition coefficient (Wildman–Crippen LogP) is 4.76. The summed E-state index contributed by atoms with van der Waals surface area (Å²) in [5.74, 6) is 0.994. The SMILES string of the molecule is Fc1ccc(/C=N/Nc2nc(N3CCOCC3)nc(N(c3ccccc3)c3ccccc3)n2)cc1. The van der Waals surface area contributed by atoms with Crippen LogP contribution in [0.15, 0.2) is 90.0 Å². The Morgan fingerprint density at radius 2 is 1.46 bits per heavy atom. The van der Waals surface area contributed by atoms with Crippen LogP contribution in [0, 0.1) is 5.82 Å². The molecule has 0 saturated carbocycles. The first kappa shape index (κ1) is 22.4. The van der Waals surface area contributed by atoms with Crippen molar-refractivity contribution in [2.24, 2.45) is 5.10 Å². The minimum absolute atomic E-state index is 0.297. The number of halogens is 1. The van der Waals surface area contributed by atoms with Crippen molar-refractivity contribution in [3.05, 3.63) is 96.3 Å². The third kappa shape index (κ3) is 5.59. The van der Waals surface area contributed by atoms with Crippen molar-refractivity contribution < 1.29 is 9.13 Å². The number of nitrogens with one attached hydrogen (secondary N) is 1. The Morgan fingerprint density at radius 1 is 0.829 bits per heavy atom. The molecule has 8 nitrogen and oxygen atoms in total. The molecular formula is C26H24FN7O. The first-order chi connectivity index (χ1) is 17.3. The van der Waals surface area contributed by atoms with Gasteiger partial charge in [0.25, 0.3) is 0 Å². The van der Waals surface area contributed by atoms with Crippen molar-refractivity contribution in [2.45, 2.75) is 0 Å². The van der Waals surface area contributed by atoms with Gasteiger partial charge in [-0.3, -0.25) is 4.90 Å². The lowest BCUT2D eigenvalue weighted by Crippen LogP contribution is -2.37. The molecule has 5 rings (SSSR count). The third-order valence-corrected chi connectivity index (χ3v) is 5.38. The van der Waals surface area contributed by atoms with E-state index in [1.165, 1.54) is 12.1 Å². The third-order valence-electron chi connectivity index (χ3n) is 5.38. The number of hydrogen-bond acceptors (Lipinski definition) is 8. The maximum Gasteiger partial charge on any atom is 0.250 e. The lowest BCUT2D eigenvalue weighted by Gasteiger charge is -2.28. The van der Waals surface area contributed by atoms with Crippen LogP contribution in [-0.2, 0) is 4.74 Å². The number of hydrazone groups is 1. The van der Waals surface area contributed by atoms with Gasteiger partial charge in [0.2, 0.25) is 17.8 Å². The van der Waals surface area contributed by atoms with Crippen molar-refractivity contribution >= 4 is 35.4 Å². The molecule has 1 aromatic heterocycles. The van der Waals surface area contributed by atoms with Gasteiger partial charge in [0.15, 0.2) is 0 Å². The van der Waals surface area contributed by atoms with Crippen LogP contribution < -0.4 is 15.2 Å². The van der Waals surface area contributed by atoms with Crippen LogP contribution in [0.2, 0.25) is 0 Å². The molecule has 3 aromatic carbocycles. The van der Waals surface area contributed by atoms with Crippen molar-refractivity contribution in [3.63, 3.8) is 0 Å². The molecule has 4 aromatic rings. The average molecular weight is 470 g/mol. The number of rotatable bonds is 7. The zero-order valence-electron chi connectivity index (χ0n) is 19.0. The molecule has 0 atom stereocenters. The van der Waals surface area contributed by atoms with Gasteiger partial charge in [-0.15, -0.1) is 0 Å². The fraction of sp³-hybridized carbons (Fsp3) is 0.154. The molecule has 35 heavy (non-hydrogen) atoms. The van der Waals surface area contributed by atoms with Crippen LogP contribution >= 0.6 is 0 Å². The molecule has 176 valence electrons. The van der Waals surface area contributed by atoms with Gasteiger partial charge in [-0.2, -0.15) is 20.1 Å². The summed E-state index contributed by atoms with van der Waals surface area (Å²) in [6.45, 7) is 2.57. The van der Waals surface area contributed by atoms with Crippen LogP contribution in [0.1, 0.15) is 5.56 Å². The van der Waals surface area contributed by atoms with Gasteiger partial charge >= 0.3 is 0 Å². The fourth-order valence-corrected chi connectivity index (χ4v) is 3.66. The molecule has 0 amide bonds. The Balaban J connectivity index is 1.53. The summed E-state index contributed by atoms with van der Waals surface area (Å²) < 4.78 is 18.7. The summed E-state index contributed by atoms with van der Waals surface area (Å²) in [6, 6.07) is 25.9. The monoisotopic (exact) mass is 469 g/mol. The number of hydrogen-bond donors (Lipinski definition) is 1. The first-order valence-corrected chi connectivity index (χ1v) is 11.3. The summed E-state index contributed by atoms with van der Waals surface area (Å²) in [6.07, 6.45) is 1.59. The van der Waals surface area contributed by atoms with Crippen molar-refractivity contribution in [1.82, 2.24) is 15.0 Å². The quantitative estimate of drug-likeness (QED) is 0.309. The lowest BCUT2D eigenvalue weighted by molar-refractivity contribution is 0.122. The van der Waals surface area contributed by atoms with E-state index < -0.39 is 0 Å². The summed E-state index contributed by atoms with van der Waals surface area (Å²) in [5.41, 5.74) is 5.49. The topological polar surface area (TPSA) is 78.8 Å². The van der Waals surface area contributed by atoms with Crippen LogP contribution in [0.5, 0.6) is 0 Å². The first-order valence-electron chi connectivity index (χ1n) is 11.3. The summed E-state index contributed by atoms with van der Waals surface area (Å²) in [7, 11) is 0. The highest BCUT2D eigenvalue weighted by Gasteiger charge is 2.21. The number of anilines is 5. The van der Waals surface area contributed by atoms with Crippen LogP contribution in [-0.4, -0.2) is 47.5 Å². The van der Waals surface area contributed by atoms with Crippen molar-refractivity contribution in [2.75, 3.05) is 41.5 Å². The van der Waals surface area contributed by atoms with E-state index >= 15 is 0 Å². The number of morpholine rings is 1. The van der Waals surface area contributed by atoms with Crippen LogP contribution in [0.25, 0.3) is 0 Å². The summed E-state index contributed by atoms with van der Waals surface area (Å²) in [5, 5.41) is 4.26. The number of ether oxygens (including phenoxy) is 1. The molecule has 0 radical (unpaired) electrons. The second-order valence-electron chi connectivity index (χ2n) is 7.79. The van der Waals surface area contributed by atoms with Gasteiger partial charge < -0.3 is 9.64 Å². The molecule has 1 N–H and O–H groups in total. The van der Waals surface area contributed by atoms with E-state index in [9.17, 15) is 4.39 Å². The van der Waals surface area contributed by atoms with Gasteiger partial charge in [-0.25, -0.2) is 9.82 Å². The number of nitrogens with zero attached hydrogens (tertiary/aromatic N) is 6. The Kier molecular flexibility index (Phi) is 6.86. The fourth-order valence-electron chi connectivity index (χ4n) is 3.66. The van der Waals surface area contributed by atoms with E-state index in [-0.39, 0.29) is 5.82 Å². The van der Waals surface area contributed by atoms with Gasteiger partial charge in [0.1, 0.15) is 5.82 Å². The molecule has 9 heteroatoms. The van der Waals surface area contributed by atoms with E-state index in [1.807, 2.05) is 65.6 Å². The summed E-state index contributed by atoms with van der Waals surface area (Å²) in [4.78, 5) is 18.2. The standard InChI is InChI=1S/C26H24FN7O/c27-21-13-11-20(12-14-21)19-28-32-24-29-25(33-15-17-35-18-16-33)31-26(30-24)34(22-7-3-1-4-8-22)23-9-5-2-6-10-23/h1-14,19H,15-18H2,(H,29,30,31,32)/b28-19+. The van der Waals surface area contributed by atoms with E-state index in [4.69, 9.17) is 9.72 Å². The van der Waals surface area contributed by atoms with Gasteiger partial charge in [-0.05, 0) is 42.0 Å². The Bertz CT molecular complexity index is 1220. The molecule has 0 unspecified atom stereocenters. The summed E-state index contributed by atoms with van der Waals surface area (Å²) >= 11 is 0. The van der Waals surface area contributed by atoms with E-state index in [1.54, 1.807) is 18.3 Å². The molecule has 1 aliphatic rings. The smallest absolute Gasteiger partial charge is 0.250 e.